The molecule has 0 spiro atoms. The lowest BCUT2D eigenvalue weighted by Crippen LogP contribution is -1.95. The van der Waals surface area contributed by atoms with Crippen LogP contribution >= 0.6 is 15.9 Å². The van der Waals surface area contributed by atoms with Crippen molar-refractivity contribution < 1.29 is 9.90 Å². The summed E-state index contributed by atoms with van der Waals surface area (Å²) in [7, 11) is 0. The van der Waals surface area contributed by atoms with Crippen molar-refractivity contribution in [2.45, 2.75) is 6.92 Å². The highest BCUT2D eigenvalue weighted by molar-refractivity contribution is 9.10. The molecule has 4 nitrogen and oxygen atoms in total. The molecule has 2 rings (SSSR count). The molecule has 0 aliphatic rings. The molecular formula is C11H9BrN2O2. The van der Waals surface area contributed by atoms with E-state index in [1.54, 1.807) is 11.5 Å². The molecule has 0 fully saturated rings. The third kappa shape index (κ3) is 1.99. The topological polar surface area (TPSA) is 55.1 Å². The number of carboxylic acid groups (broad SMARTS) is 1. The van der Waals surface area contributed by atoms with E-state index in [9.17, 15) is 4.79 Å². The van der Waals surface area contributed by atoms with Crippen molar-refractivity contribution in [3.05, 3.63) is 46.5 Å². The van der Waals surface area contributed by atoms with Gasteiger partial charge in [0.1, 0.15) is 5.82 Å². The Bertz CT molecular complexity index is 549. The molecule has 82 valence electrons. The highest BCUT2D eigenvalue weighted by Crippen LogP contribution is 2.17. The highest BCUT2D eigenvalue weighted by atomic mass is 79.9. The zero-order chi connectivity index (χ0) is 11.7. The predicted molar refractivity (Wildman–Crippen MR) is 63.0 cm³/mol. The lowest BCUT2D eigenvalue weighted by molar-refractivity contribution is 0.0691. The molecule has 0 radical (unpaired) electrons. The van der Waals surface area contributed by atoms with E-state index in [1.807, 2.05) is 24.3 Å². The van der Waals surface area contributed by atoms with Crippen molar-refractivity contribution in [1.82, 2.24) is 9.55 Å². The van der Waals surface area contributed by atoms with Crippen molar-refractivity contribution in [2.24, 2.45) is 0 Å². The van der Waals surface area contributed by atoms with Crippen LogP contribution in [-0.2, 0) is 0 Å². The molecule has 0 aliphatic carbocycles. The molecule has 1 aromatic heterocycles. The standard InChI is InChI=1S/C11H9BrN2O2/c1-7-13-10(11(15)16)6-14(7)9-4-2-3-8(12)5-9/h2-6H,1H3,(H,15,16). The first-order valence-corrected chi connectivity index (χ1v) is 5.42. The Kier molecular flexibility index (Phi) is 2.78. The smallest absolute Gasteiger partial charge is 0.356 e. The van der Waals surface area contributed by atoms with Gasteiger partial charge in [0.15, 0.2) is 5.69 Å². The molecule has 0 saturated heterocycles. The summed E-state index contributed by atoms with van der Waals surface area (Å²) in [6, 6.07) is 7.60. The molecule has 1 N–H and O–H groups in total. The predicted octanol–water partition coefficient (Wildman–Crippen LogP) is 2.64. The summed E-state index contributed by atoms with van der Waals surface area (Å²) in [5.41, 5.74) is 0.935. The van der Waals surface area contributed by atoms with E-state index in [0.29, 0.717) is 5.82 Å². The minimum absolute atomic E-state index is 0.0532. The number of hydrogen-bond donors (Lipinski definition) is 1. The molecule has 2 aromatic rings. The number of nitrogens with zero attached hydrogens (tertiary/aromatic N) is 2. The van der Waals surface area contributed by atoms with Gasteiger partial charge in [-0.1, -0.05) is 22.0 Å². The normalized spacial score (nSPS) is 10.4. The Balaban J connectivity index is 2.52. The highest BCUT2D eigenvalue weighted by Gasteiger charge is 2.11. The molecule has 5 heteroatoms. The maximum atomic E-state index is 10.8. The molecule has 1 aromatic carbocycles. The molecule has 0 aliphatic heterocycles. The van der Waals surface area contributed by atoms with Crippen LogP contribution in [0.1, 0.15) is 16.3 Å². The summed E-state index contributed by atoms with van der Waals surface area (Å²) in [5.74, 6) is -0.368. The van der Waals surface area contributed by atoms with E-state index >= 15 is 0 Å². The summed E-state index contributed by atoms with van der Waals surface area (Å²) < 4.78 is 2.68. The van der Waals surface area contributed by atoms with Crippen molar-refractivity contribution in [3.63, 3.8) is 0 Å². The van der Waals surface area contributed by atoms with Crippen LogP contribution in [0.2, 0.25) is 0 Å². The van der Waals surface area contributed by atoms with Crippen LogP contribution in [-0.4, -0.2) is 20.6 Å². The number of benzene rings is 1. The van der Waals surface area contributed by atoms with Gasteiger partial charge in [0.2, 0.25) is 0 Å². The summed E-state index contributed by atoms with van der Waals surface area (Å²) >= 11 is 3.37. The van der Waals surface area contributed by atoms with Crippen molar-refractivity contribution in [3.8, 4) is 5.69 Å². The summed E-state index contributed by atoms with van der Waals surface area (Å²) in [5, 5.41) is 8.84. The van der Waals surface area contributed by atoms with Gasteiger partial charge in [0.05, 0.1) is 0 Å². The SMILES string of the molecule is Cc1nc(C(=O)O)cn1-c1cccc(Br)c1. The van der Waals surface area contributed by atoms with E-state index in [0.717, 1.165) is 10.2 Å². The fourth-order valence-corrected chi connectivity index (χ4v) is 1.85. The van der Waals surface area contributed by atoms with Crippen molar-refractivity contribution in [1.29, 1.82) is 0 Å². The van der Waals surface area contributed by atoms with Gasteiger partial charge < -0.3 is 9.67 Å². The van der Waals surface area contributed by atoms with Gasteiger partial charge in [-0.25, -0.2) is 9.78 Å². The average molecular weight is 281 g/mol. The van der Waals surface area contributed by atoms with E-state index in [-0.39, 0.29) is 5.69 Å². The third-order valence-corrected chi connectivity index (χ3v) is 2.68. The molecular weight excluding hydrogens is 272 g/mol. The lowest BCUT2D eigenvalue weighted by atomic mass is 10.3. The molecule has 0 amide bonds. The van der Waals surface area contributed by atoms with Crippen LogP contribution in [0.15, 0.2) is 34.9 Å². The third-order valence-electron chi connectivity index (χ3n) is 2.19. The summed E-state index contributed by atoms with van der Waals surface area (Å²) in [4.78, 5) is 14.7. The monoisotopic (exact) mass is 280 g/mol. The van der Waals surface area contributed by atoms with Gasteiger partial charge in [-0.05, 0) is 25.1 Å². The van der Waals surface area contributed by atoms with Crippen LogP contribution < -0.4 is 0 Å². The molecule has 0 bridgehead atoms. The number of aryl methyl sites for hydroxylation is 1. The van der Waals surface area contributed by atoms with Gasteiger partial charge in [-0.2, -0.15) is 0 Å². The van der Waals surface area contributed by atoms with Gasteiger partial charge in [0, 0.05) is 16.4 Å². The number of imidazole rings is 1. The second-order valence-electron chi connectivity index (χ2n) is 3.33. The zero-order valence-corrected chi connectivity index (χ0v) is 10.1. The van der Waals surface area contributed by atoms with Crippen LogP contribution in [0.25, 0.3) is 5.69 Å². The first-order valence-electron chi connectivity index (χ1n) is 4.63. The Morgan fingerprint density at radius 3 is 2.81 bits per heavy atom. The van der Waals surface area contributed by atoms with E-state index < -0.39 is 5.97 Å². The molecule has 1 heterocycles. The number of rotatable bonds is 2. The first-order chi connectivity index (χ1) is 7.58. The quantitative estimate of drug-likeness (QED) is 0.920. The molecule has 0 atom stereocenters. The van der Waals surface area contributed by atoms with Gasteiger partial charge >= 0.3 is 5.97 Å². The van der Waals surface area contributed by atoms with Crippen LogP contribution in [0, 0.1) is 6.92 Å². The Morgan fingerprint density at radius 1 is 1.50 bits per heavy atom. The van der Waals surface area contributed by atoms with E-state index in [4.69, 9.17) is 5.11 Å². The van der Waals surface area contributed by atoms with Crippen molar-refractivity contribution >= 4 is 21.9 Å². The number of aromatic nitrogens is 2. The number of aromatic carboxylic acids is 1. The molecule has 16 heavy (non-hydrogen) atoms. The van der Waals surface area contributed by atoms with E-state index in [2.05, 4.69) is 20.9 Å². The largest absolute Gasteiger partial charge is 0.476 e. The second kappa shape index (κ2) is 4.09. The van der Waals surface area contributed by atoms with Gasteiger partial charge in [-0.3, -0.25) is 0 Å². The zero-order valence-electron chi connectivity index (χ0n) is 8.51. The summed E-state index contributed by atoms with van der Waals surface area (Å²) in [6.07, 6.45) is 1.51. The van der Waals surface area contributed by atoms with Crippen LogP contribution in [0.5, 0.6) is 0 Å². The lowest BCUT2D eigenvalue weighted by Gasteiger charge is -2.04. The van der Waals surface area contributed by atoms with Crippen LogP contribution in [0.4, 0.5) is 0 Å². The Labute approximate surface area is 101 Å². The van der Waals surface area contributed by atoms with Gasteiger partial charge in [0.25, 0.3) is 0 Å². The minimum Gasteiger partial charge on any atom is -0.476 e. The Morgan fingerprint density at radius 2 is 2.25 bits per heavy atom. The van der Waals surface area contributed by atoms with E-state index in [1.165, 1.54) is 6.20 Å². The second-order valence-corrected chi connectivity index (χ2v) is 4.24. The summed E-state index contributed by atoms with van der Waals surface area (Å²) in [6.45, 7) is 1.77. The molecule has 0 saturated carbocycles. The average Bonchev–Trinajstić information content (AvgIpc) is 2.60. The fourth-order valence-electron chi connectivity index (χ4n) is 1.46. The number of halogens is 1. The number of hydrogen-bond acceptors (Lipinski definition) is 2. The number of carbonyl (C=O) groups is 1. The maximum absolute atomic E-state index is 10.8. The minimum atomic E-state index is -1.02. The fraction of sp³-hybridized carbons (Fsp3) is 0.0909. The number of carboxylic acids is 1. The van der Waals surface area contributed by atoms with Gasteiger partial charge in [-0.15, -0.1) is 0 Å². The van der Waals surface area contributed by atoms with Crippen LogP contribution in [0.3, 0.4) is 0 Å². The first kappa shape index (κ1) is 10.9. The molecule has 0 unspecified atom stereocenters. The maximum Gasteiger partial charge on any atom is 0.356 e. The Hall–Kier alpha value is -1.62. The van der Waals surface area contributed by atoms with Crippen molar-refractivity contribution in [2.75, 3.05) is 0 Å².